The van der Waals surface area contributed by atoms with Gasteiger partial charge in [-0.05, 0) is 41.8 Å². The lowest BCUT2D eigenvalue weighted by atomic mass is 9.95. The van der Waals surface area contributed by atoms with Gasteiger partial charge >= 0.3 is 0 Å². The molecule has 0 N–H and O–H groups in total. The Morgan fingerprint density at radius 1 is 1.08 bits per heavy atom. The van der Waals surface area contributed by atoms with Gasteiger partial charge < -0.3 is 4.90 Å². The Morgan fingerprint density at radius 3 is 2.65 bits per heavy atom. The number of carbonyl (C=O) groups excluding carboxylic acids is 1. The number of carbonyl (C=O) groups is 1. The molecular weight excluding hydrogens is 368 g/mol. The lowest BCUT2D eigenvalue weighted by Crippen LogP contribution is -2.47. The standard InChI is InChI=1S/C19H22N2O3S2/c22-19(20-11-9-15-5-1-2-6-16(15)13-20)17-7-3-10-21(14-17)26(23,24)18-8-4-12-25-18/h1-2,4-6,8,12,17H,3,7,9-11,13-14H2/t17-/m0/s1. The van der Waals surface area contributed by atoms with E-state index >= 15 is 0 Å². The number of rotatable bonds is 3. The Labute approximate surface area is 158 Å². The van der Waals surface area contributed by atoms with E-state index in [-0.39, 0.29) is 18.4 Å². The molecule has 0 spiro atoms. The molecule has 5 nitrogen and oxygen atoms in total. The SMILES string of the molecule is O=C([C@H]1CCCN(S(=O)(=O)c2cccs2)C1)N1CCc2ccccc2C1. The number of nitrogens with zero attached hydrogens (tertiary/aromatic N) is 2. The monoisotopic (exact) mass is 390 g/mol. The van der Waals surface area contributed by atoms with E-state index in [9.17, 15) is 13.2 Å². The quantitative estimate of drug-likeness (QED) is 0.810. The molecule has 7 heteroatoms. The fourth-order valence-corrected chi connectivity index (χ4v) is 6.51. The molecule has 1 atom stereocenters. The predicted molar refractivity (Wildman–Crippen MR) is 101 cm³/mol. The van der Waals surface area contributed by atoms with Gasteiger partial charge in [-0.1, -0.05) is 30.3 Å². The van der Waals surface area contributed by atoms with Crippen molar-refractivity contribution in [2.24, 2.45) is 5.92 Å². The Hall–Kier alpha value is -1.70. The zero-order valence-electron chi connectivity index (χ0n) is 14.5. The zero-order valence-corrected chi connectivity index (χ0v) is 16.1. The van der Waals surface area contributed by atoms with Crippen molar-refractivity contribution in [1.82, 2.24) is 9.21 Å². The van der Waals surface area contributed by atoms with Gasteiger partial charge in [-0.15, -0.1) is 11.3 Å². The number of sulfonamides is 1. The summed E-state index contributed by atoms with van der Waals surface area (Å²) in [6, 6.07) is 11.6. The molecule has 1 saturated heterocycles. The molecule has 4 rings (SSSR count). The van der Waals surface area contributed by atoms with Crippen LogP contribution in [0.4, 0.5) is 0 Å². The van der Waals surface area contributed by atoms with Gasteiger partial charge in [-0.2, -0.15) is 4.31 Å². The van der Waals surface area contributed by atoms with Crippen molar-refractivity contribution in [3.8, 4) is 0 Å². The largest absolute Gasteiger partial charge is 0.338 e. The van der Waals surface area contributed by atoms with Gasteiger partial charge in [0.1, 0.15) is 4.21 Å². The van der Waals surface area contributed by atoms with Crippen molar-refractivity contribution in [2.45, 2.75) is 30.0 Å². The topological polar surface area (TPSA) is 57.7 Å². The highest BCUT2D eigenvalue weighted by atomic mass is 32.2. The van der Waals surface area contributed by atoms with Gasteiger partial charge in [0.05, 0.1) is 5.92 Å². The molecule has 0 aliphatic carbocycles. The number of benzene rings is 1. The first kappa shape index (κ1) is 17.7. The first-order valence-electron chi connectivity index (χ1n) is 8.95. The number of hydrogen-bond acceptors (Lipinski definition) is 4. The third kappa shape index (κ3) is 3.31. The van der Waals surface area contributed by atoms with Crippen LogP contribution in [0, 0.1) is 5.92 Å². The maximum Gasteiger partial charge on any atom is 0.252 e. The Bertz CT molecular complexity index is 893. The molecule has 1 aromatic carbocycles. The summed E-state index contributed by atoms with van der Waals surface area (Å²) in [6.07, 6.45) is 2.35. The van der Waals surface area contributed by atoms with Crippen molar-refractivity contribution in [2.75, 3.05) is 19.6 Å². The molecule has 1 aromatic heterocycles. The van der Waals surface area contributed by atoms with Crippen LogP contribution >= 0.6 is 11.3 Å². The molecule has 0 unspecified atom stereocenters. The lowest BCUT2D eigenvalue weighted by Gasteiger charge is -2.36. The Balaban J connectivity index is 1.47. The van der Waals surface area contributed by atoms with E-state index in [1.54, 1.807) is 17.5 Å². The maximum absolute atomic E-state index is 13.0. The molecule has 138 valence electrons. The van der Waals surface area contributed by atoms with Gasteiger partial charge in [-0.3, -0.25) is 4.79 Å². The van der Waals surface area contributed by atoms with Gasteiger partial charge in [0, 0.05) is 26.2 Å². The van der Waals surface area contributed by atoms with E-state index in [2.05, 4.69) is 12.1 Å². The molecule has 1 amide bonds. The second-order valence-corrected chi connectivity index (χ2v) is 10.0. The average Bonchev–Trinajstić information content (AvgIpc) is 3.23. The van der Waals surface area contributed by atoms with Crippen LogP contribution < -0.4 is 0 Å². The minimum atomic E-state index is -3.48. The highest BCUT2D eigenvalue weighted by Gasteiger charge is 2.36. The van der Waals surface area contributed by atoms with Crippen LogP contribution in [0.15, 0.2) is 46.0 Å². The highest BCUT2D eigenvalue weighted by Crippen LogP contribution is 2.28. The van der Waals surface area contributed by atoms with Crippen molar-refractivity contribution in [3.05, 3.63) is 52.9 Å². The highest BCUT2D eigenvalue weighted by molar-refractivity contribution is 7.91. The van der Waals surface area contributed by atoms with E-state index in [0.717, 1.165) is 19.3 Å². The Kier molecular flexibility index (Phi) is 4.86. The molecule has 2 aliphatic heterocycles. The van der Waals surface area contributed by atoms with Crippen LogP contribution in [-0.2, 0) is 27.8 Å². The third-order valence-electron chi connectivity index (χ3n) is 5.26. The molecule has 3 heterocycles. The fraction of sp³-hybridized carbons (Fsp3) is 0.421. The van der Waals surface area contributed by atoms with Crippen LogP contribution in [0.1, 0.15) is 24.0 Å². The van der Waals surface area contributed by atoms with Crippen LogP contribution in [0.25, 0.3) is 0 Å². The fourth-order valence-electron chi connectivity index (χ4n) is 3.84. The van der Waals surface area contributed by atoms with Gasteiger partial charge in [0.25, 0.3) is 10.0 Å². The van der Waals surface area contributed by atoms with Gasteiger partial charge in [0.15, 0.2) is 0 Å². The molecule has 2 aliphatic rings. The lowest BCUT2D eigenvalue weighted by molar-refractivity contribution is -0.137. The minimum absolute atomic E-state index is 0.0885. The molecule has 26 heavy (non-hydrogen) atoms. The molecule has 1 fully saturated rings. The summed E-state index contributed by atoms with van der Waals surface area (Å²) in [6.45, 7) is 2.12. The molecular formula is C19H22N2O3S2. The zero-order chi connectivity index (χ0) is 18.1. The van der Waals surface area contributed by atoms with Crippen LogP contribution in [0.2, 0.25) is 0 Å². The minimum Gasteiger partial charge on any atom is -0.338 e. The predicted octanol–water partition coefficient (Wildman–Crippen LogP) is 2.73. The van der Waals surface area contributed by atoms with Gasteiger partial charge in [-0.25, -0.2) is 8.42 Å². The summed E-state index contributed by atoms with van der Waals surface area (Å²) in [7, 11) is -3.48. The summed E-state index contributed by atoms with van der Waals surface area (Å²) in [5, 5.41) is 1.77. The van der Waals surface area contributed by atoms with Crippen LogP contribution in [0.3, 0.4) is 0 Å². The molecule has 0 radical (unpaired) electrons. The summed E-state index contributed by atoms with van der Waals surface area (Å²) in [4.78, 5) is 14.9. The number of thiophene rings is 1. The number of piperidine rings is 1. The second kappa shape index (κ2) is 7.13. The number of amides is 1. The normalized spacial score (nSPS) is 21.4. The number of hydrogen-bond donors (Lipinski definition) is 0. The van der Waals surface area contributed by atoms with E-state index in [1.807, 2.05) is 17.0 Å². The molecule has 0 bridgehead atoms. The second-order valence-electron chi connectivity index (χ2n) is 6.91. The first-order chi connectivity index (χ1) is 12.6. The van der Waals surface area contributed by atoms with E-state index in [1.165, 1.54) is 26.8 Å². The smallest absolute Gasteiger partial charge is 0.252 e. The van der Waals surface area contributed by atoms with Crippen LogP contribution in [-0.4, -0.2) is 43.2 Å². The first-order valence-corrected chi connectivity index (χ1v) is 11.3. The van der Waals surface area contributed by atoms with Crippen molar-refractivity contribution in [1.29, 1.82) is 0 Å². The number of fused-ring (bicyclic) bond motifs is 1. The summed E-state index contributed by atoms with van der Waals surface area (Å²) >= 11 is 1.23. The average molecular weight is 391 g/mol. The summed E-state index contributed by atoms with van der Waals surface area (Å²) in [5.41, 5.74) is 2.51. The Morgan fingerprint density at radius 2 is 1.88 bits per heavy atom. The van der Waals surface area contributed by atoms with Crippen molar-refractivity contribution in [3.63, 3.8) is 0 Å². The van der Waals surface area contributed by atoms with E-state index < -0.39 is 10.0 Å². The summed E-state index contributed by atoms with van der Waals surface area (Å²) in [5.74, 6) is -0.158. The van der Waals surface area contributed by atoms with Gasteiger partial charge in [0.2, 0.25) is 5.91 Å². The molecule has 2 aromatic rings. The van der Waals surface area contributed by atoms with Crippen molar-refractivity contribution < 1.29 is 13.2 Å². The molecule has 0 saturated carbocycles. The van der Waals surface area contributed by atoms with Crippen molar-refractivity contribution >= 4 is 27.3 Å². The summed E-state index contributed by atoms with van der Waals surface area (Å²) < 4.78 is 27.4. The van der Waals surface area contributed by atoms with E-state index in [0.29, 0.717) is 23.8 Å². The van der Waals surface area contributed by atoms with Crippen LogP contribution in [0.5, 0.6) is 0 Å². The maximum atomic E-state index is 13.0. The third-order valence-corrected chi connectivity index (χ3v) is 8.50. The van der Waals surface area contributed by atoms with E-state index in [4.69, 9.17) is 0 Å².